The first-order chi connectivity index (χ1) is 13.6. The molecule has 3 rings (SSSR count). The van der Waals surface area contributed by atoms with E-state index in [0.29, 0.717) is 27.9 Å². The smallest absolute Gasteiger partial charge is 0.388 e. The number of pyridine rings is 2. The van der Waals surface area contributed by atoms with E-state index in [1.807, 2.05) is 0 Å². The van der Waals surface area contributed by atoms with Crippen LogP contribution < -0.4 is 4.74 Å². The quantitative estimate of drug-likeness (QED) is 0.482. The number of fused-ring (bicyclic) bond motifs is 1. The molecule has 0 aliphatic carbocycles. The molecule has 3 aromatic heterocycles. The Morgan fingerprint density at radius 1 is 1.17 bits per heavy atom. The second kappa shape index (κ2) is 8.00. The zero-order chi connectivity index (χ0) is 21.3. The monoisotopic (exact) mass is 409 g/mol. The summed E-state index contributed by atoms with van der Waals surface area (Å²) in [4.78, 5) is 8.45. The van der Waals surface area contributed by atoms with Gasteiger partial charge < -0.3 is 9.30 Å². The topological polar surface area (TPSA) is 39.9 Å². The van der Waals surface area contributed by atoms with Crippen molar-refractivity contribution >= 4 is 10.9 Å². The summed E-state index contributed by atoms with van der Waals surface area (Å²) < 4.78 is 60.2. The fraction of sp³-hybridized carbons (Fsp3) is 0.429. The van der Waals surface area contributed by atoms with Gasteiger partial charge in [0, 0.05) is 41.4 Å². The van der Waals surface area contributed by atoms with Gasteiger partial charge in [0.1, 0.15) is 0 Å². The first-order valence-electron chi connectivity index (χ1n) is 9.31. The van der Waals surface area contributed by atoms with Crippen LogP contribution in [0.1, 0.15) is 36.4 Å². The van der Waals surface area contributed by atoms with Gasteiger partial charge in [-0.15, -0.1) is 0 Å². The molecule has 0 radical (unpaired) electrons. The Bertz CT molecular complexity index is 1010. The van der Waals surface area contributed by atoms with Crippen LogP contribution in [-0.2, 0) is 13.0 Å². The average molecular weight is 409 g/mol. The van der Waals surface area contributed by atoms with E-state index >= 15 is 0 Å². The Morgan fingerprint density at radius 3 is 2.55 bits per heavy atom. The van der Waals surface area contributed by atoms with E-state index in [4.69, 9.17) is 0 Å². The highest BCUT2D eigenvalue weighted by atomic mass is 19.3. The minimum Gasteiger partial charge on any atom is -0.417 e. The molecule has 156 valence electrons. The van der Waals surface area contributed by atoms with Gasteiger partial charge in [0.25, 0.3) is 5.92 Å². The molecule has 4 nitrogen and oxygen atoms in total. The van der Waals surface area contributed by atoms with Crippen LogP contribution in [0, 0.1) is 19.8 Å². The van der Waals surface area contributed by atoms with Crippen LogP contribution in [0.15, 0.2) is 30.6 Å². The molecule has 0 bridgehead atoms. The Morgan fingerprint density at radius 2 is 1.90 bits per heavy atom. The summed E-state index contributed by atoms with van der Waals surface area (Å²) in [6.45, 7) is 3.01. The highest BCUT2D eigenvalue weighted by molar-refractivity contribution is 5.82. The number of nitrogens with zero attached hydrogens (tertiary/aromatic N) is 3. The number of alkyl halides is 4. The van der Waals surface area contributed by atoms with Gasteiger partial charge in [-0.05, 0) is 37.6 Å². The molecule has 29 heavy (non-hydrogen) atoms. The Hall–Kier alpha value is -2.64. The lowest BCUT2D eigenvalue weighted by Crippen LogP contribution is -2.29. The average Bonchev–Trinajstić information content (AvgIpc) is 3.00. The van der Waals surface area contributed by atoms with Crippen molar-refractivity contribution in [3.63, 3.8) is 0 Å². The SMILES string of the molecule is Cc1cc(C)c(Cc2nccc3c2ccn3CC(F)(F)C(C)C)c(OC(F)F)n1. The molecular weight excluding hydrogens is 386 g/mol. The van der Waals surface area contributed by atoms with Gasteiger partial charge in [-0.3, -0.25) is 4.98 Å². The third kappa shape index (κ3) is 4.52. The number of rotatable bonds is 7. The molecule has 0 aromatic carbocycles. The molecule has 0 unspecified atom stereocenters. The van der Waals surface area contributed by atoms with E-state index in [0.717, 1.165) is 5.56 Å². The van der Waals surface area contributed by atoms with E-state index in [1.165, 1.54) is 24.6 Å². The van der Waals surface area contributed by atoms with Crippen molar-refractivity contribution in [2.75, 3.05) is 0 Å². The van der Waals surface area contributed by atoms with Crippen molar-refractivity contribution in [2.45, 2.75) is 53.2 Å². The molecule has 0 aliphatic heterocycles. The molecule has 8 heteroatoms. The van der Waals surface area contributed by atoms with Crippen molar-refractivity contribution in [1.29, 1.82) is 0 Å². The zero-order valence-electron chi connectivity index (χ0n) is 16.7. The van der Waals surface area contributed by atoms with Gasteiger partial charge in [-0.1, -0.05) is 13.8 Å². The summed E-state index contributed by atoms with van der Waals surface area (Å²) in [6.07, 6.45) is 3.33. The second-order valence-electron chi connectivity index (χ2n) is 7.47. The maximum atomic E-state index is 14.2. The molecular formula is C21H23F4N3O. The second-order valence-corrected chi connectivity index (χ2v) is 7.47. The highest BCUT2D eigenvalue weighted by Crippen LogP contribution is 2.31. The number of hydrogen-bond donors (Lipinski definition) is 0. The largest absolute Gasteiger partial charge is 0.417 e. The van der Waals surface area contributed by atoms with Crippen LogP contribution in [0.3, 0.4) is 0 Å². The van der Waals surface area contributed by atoms with E-state index in [1.54, 1.807) is 38.2 Å². The predicted molar refractivity (Wildman–Crippen MR) is 103 cm³/mol. The first kappa shape index (κ1) is 21.1. The molecule has 3 aromatic rings. The van der Waals surface area contributed by atoms with Gasteiger partial charge in [0.05, 0.1) is 17.8 Å². The minimum atomic E-state index is -2.99. The van der Waals surface area contributed by atoms with Crippen LogP contribution in [0.25, 0.3) is 10.9 Å². The lowest BCUT2D eigenvalue weighted by Gasteiger charge is -2.21. The fourth-order valence-corrected chi connectivity index (χ4v) is 3.26. The predicted octanol–water partition coefficient (Wildman–Crippen LogP) is 5.53. The normalized spacial score (nSPS) is 12.3. The van der Waals surface area contributed by atoms with Gasteiger partial charge in [0.15, 0.2) is 0 Å². The fourth-order valence-electron chi connectivity index (χ4n) is 3.26. The van der Waals surface area contributed by atoms with Crippen molar-refractivity contribution in [1.82, 2.24) is 14.5 Å². The van der Waals surface area contributed by atoms with Crippen LogP contribution in [0.4, 0.5) is 17.6 Å². The van der Waals surface area contributed by atoms with Crippen LogP contribution in [0.5, 0.6) is 5.88 Å². The molecule has 0 spiro atoms. The minimum absolute atomic E-state index is 0.137. The van der Waals surface area contributed by atoms with Crippen molar-refractivity contribution < 1.29 is 22.3 Å². The number of ether oxygens (including phenoxy) is 1. The Labute approximate surface area is 166 Å². The number of aryl methyl sites for hydroxylation is 2. The van der Waals surface area contributed by atoms with E-state index < -0.39 is 25.0 Å². The van der Waals surface area contributed by atoms with Gasteiger partial charge >= 0.3 is 6.61 Å². The maximum Gasteiger partial charge on any atom is 0.388 e. The summed E-state index contributed by atoms with van der Waals surface area (Å²) in [5, 5.41) is 0.690. The molecule has 0 saturated heterocycles. The van der Waals surface area contributed by atoms with Gasteiger partial charge in [-0.25, -0.2) is 13.8 Å². The third-order valence-corrected chi connectivity index (χ3v) is 4.99. The van der Waals surface area contributed by atoms with Crippen molar-refractivity contribution in [3.8, 4) is 5.88 Å². The van der Waals surface area contributed by atoms with E-state index in [-0.39, 0.29) is 12.3 Å². The maximum absolute atomic E-state index is 14.2. The molecule has 0 fully saturated rings. The molecule has 0 N–H and O–H groups in total. The molecule has 3 heterocycles. The first-order valence-corrected chi connectivity index (χ1v) is 9.31. The molecule has 0 saturated carbocycles. The molecule has 0 atom stereocenters. The van der Waals surface area contributed by atoms with Crippen molar-refractivity contribution in [3.05, 3.63) is 53.1 Å². The van der Waals surface area contributed by atoms with Crippen LogP contribution >= 0.6 is 0 Å². The highest BCUT2D eigenvalue weighted by Gasteiger charge is 2.34. The standard InChI is InChI=1S/C21H23F4N3O/c1-12(2)21(24,25)11-28-8-6-15-17(26-7-5-18(15)28)10-16-13(3)9-14(4)27-19(16)29-20(22)23/h5-9,12,20H,10-11H2,1-4H3. The van der Waals surface area contributed by atoms with Crippen molar-refractivity contribution in [2.24, 2.45) is 5.92 Å². The molecule has 0 amide bonds. The Kier molecular flexibility index (Phi) is 5.82. The zero-order valence-corrected chi connectivity index (χ0v) is 16.7. The summed E-state index contributed by atoms with van der Waals surface area (Å²) >= 11 is 0. The number of halogens is 4. The summed E-state index contributed by atoms with van der Waals surface area (Å²) in [5.41, 5.74) is 3.01. The summed E-state index contributed by atoms with van der Waals surface area (Å²) in [6, 6.07) is 5.17. The number of hydrogen-bond acceptors (Lipinski definition) is 3. The lowest BCUT2D eigenvalue weighted by molar-refractivity contribution is -0.0588. The molecule has 0 aliphatic rings. The van der Waals surface area contributed by atoms with Gasteiger partial charge in [0.2, 0.25) is 5.88 Å². The van der Waals surface area contributed by atoms with Gasteiger partial charge in [-0.2, -0.15) is 8.78 Å². The Balaban J connectivity index is 2.01. The lowest BCUT2D eigenvalue weighted by atomic mass is 10.0. The third-order valence-electron chi connectivity index (χ3n) is 4.99. The summed E-state index contributed by atoms with van der Waals surface area (Å²) in [7, 11) is 0. The summed E-state index contributed by atoms with van der Waals surface area (Å²) in [5.74, 6) is -3.79. The van der Waals surface area contributed by atoms with Crippen LogP contribution in [0.2, 0.25) is 0 Å². The number of aromatic nitrogens is 3. The van der Waals surface area contributed by atoms with E-state index in [2.05, 4.69) is 14.7 Å². The van der Waals surface area contributed by atoms with Crippen LogP contribution in [-0.4, -0.2) is 27.1 Å². The van der Waals surface area contributed by atoms with E-state index in [9.17, 15) is 17.6 Å².